The summed E-state index contributed by atoms with van der Waals surface area (Å²) in [6.07, 6.45) is 0.974. The molecule has 7 nitrogen and oxygen atoms in total. The summed E-state index contributed by atoms with van der Waals surface area (Å²) in [5.74, 6) is -3.90. The van der Waals surface area contributed by atoms with Crippen molar-refractivity contribution in [2.45, 2.75) is 63.6 Å². The highest BCUT2D eigenvalue weighted by Gasteiger charge is 2.78. The largest absolute Gasteiger partial charge is 0.444 e. The van der Waals surface area contributed by atoms with Gasteiger partial charge >= 0.3 is 5.97 Å². The van der Waals surface area contributed by atoms with Crippen molar-refractivity contribution in [3.05, 3.63) is 41.8 Å². The predicted octanol–water partition coefficient (Wildman–Crippen LogP) is 4.32. The third kappa shape index (κ3) is 3.25. The van der Waals surface area contributed by atoms with E-state index in [4.69, 9.17) is 9.26 Å². The zero-order chi connectivity index (χ0) is 27.0. The summed E-state index contributed by atoms with van der Waals surface area (Å²) in [5.41, 5.74) is -7.45. The lowest BCUT2D eigenvalue weighted by molar-refractivity contribution is -0.221. The third-order valence-electron chi connectivity index (χ3n) is 9.56. The van der Waals surface area contributed by atoms with Crippen molar-refractivity contribution < 1.29 is 41.9 Å². The maximum atomic E-state index is 17.4. The van der Waals surface area contributed by atoms with Crippen LogP contribution in [-0.2, 0) is 14.3 Å². The number of halogens is 3. The number of aromatic nitrogens is 1. The van der Waals surface area contributed by atoms with Crippen LogP contribution in [0.15, 0.2) is 40.7 Å². The summed E-state index contributed by atoms with van der Waals surface area (Å²) in [4.78, 5) is 38.6. The molecule has 37 heavy (non-hydrogen) atoms. The van der Waals surface area contributed by atoms with Gasteiger partial charge in [0.1, 0.15) is 18.4 Å². The van der Waals surface area contributed by atoms with Crippen molar-refractivity contribution in [2.24, 2.45) is 28.6 Å². The summed E-state index contributed by atoms with van der Waals surface area (Å²) in [7, 11) is 0. The predicted molar refractivity (Wildman–Crippen MR) is 126 cm³/mol. The van der Waals surface area contributed by atoms with E-state index in [0.717, 1.165) is 12.3 Å². The first kappa shape index (κ1) is 26.2. The number of thioether (sulfide) groups is 1. The van der Waals surface area contributed by atoms with Crippen LogP contribution in [0.3, 0.4) is 0 Å². The van der Waals surface area contributed by atoms with Gasteiger partial charge in [0.05, 0.1) is 6.10 Å². The van der Waals surface area contributed by atoms with E-state index >= 15 is 8.78 Å². The van der Waals surface area contributed by atoms with Gasteiger partial charge in [0.2, 0.25) is 5.12 Å². The Kier molecular flexibility index (Phi) is 6.06. The molecule has 1 N–H and O–H groups in total. The van der Waals surface area contributed by atoms with E-state index in [-0.39, 0.29) is 30.5 Å². The number of esters is 1. The van der Waals surface area contributed by atoms with Crippen molar-refractivity contribution in [3.63, 3.8) is 0 Å². The SMILES string of the molecule is CC1C[C@H]2[C@@H]3CC(F)C4=CC(=O)C=C[C@]4(C)C3(F)C(O)C[C@]2(C)C1(OC(=O)c1ccon1)C(=O)SCF. The molecule has 3 fully saturated rings. The normalized spacial score (nSPS) is 44.5. The van der Waals surface area contributed by atoms with Gasteiger partial charge in [-0.15, -0.1) is 0 Å². The summed E-state index contributed by atoms with van der Waals surface area (Å²) in [6.45, 7) is 4.76. The van der Waals surface area contributed by atoms with Gasteiger partial charge in [0, 0.05) is 28.7 Å². The van der Waals surface area contributed by atoms with E-state index < -0.39 is 75.0 Å². The number of ether oxygens (including phenoxy) is 1. The standard InChI is InChI=1S/C26H28F3NO6S/c1-13-8-15-16-10-18(28)17-9-14(31)4-6-23(17,2)25(16,29)20(32)11-24(15,3)26(13,22(34)37-12-27)36-21(33)19-5-7-35-30-19/h4-7,9,13,15-16,18,20,32H,8,10-12H2,1-3H3/t13?,15-,16-,18?,20?,23-,24-,25?,26?/m0/s1. The summed E-state index contributed by atoms with van der Waals surface area (Å²) in [6, 6.07) is 0.178. The third-order valence-corrected chi connectivity index (χ3v) is 10.2. The van der Waals surface area contributed by atoms with Crippen LogP contribution in [0, 0.1) is 28.6 Å². The van der Waals surface area contributed by atoms with Gasteiger partial charge in [0.25, 0.3) is 0 Å². The van der Waals surface area contributed by atoms with Gasteiger partial charge in [-0.05, 0) is 61.6 Å². The number of aliphatic hydroxyl groups excluding tert-OH is 1. The molecule has 1 aromatic rings. The van der Waals surface area contributed by atoms with Crippen LogP contribution in [0.2, 0.25) is 0 Å². The highest BCUT2D eigenvalue weighted by molar-refractivity contribution is 8.13. The first-order valence-corrected chi connectivity index (χ1v) is 13.2. The monoisotopic (exact) mass is 539 g/mol. The Hall–Kier alpha value is -2.40. The molecule has 0 aromatic carbocycles. The summed E-state index contributed by atoms with van der Waals surface area (Å²) in [5, 5.41) is 14.3. The Morgan fingerprint density at radius 1 is 1.30 bits per heavy atom. The topological polar surface area (TPSA) is 107 Å². The average Bonchev–Trinajstić information content (AvgIpc) is 3.45. The number of aliphatic hydroxyl groups is 1. The number of fused-ring (bicyclic) bond motifs is 5. The number of hydrogen-bond acceptors (Lipinski definition) is 8. The van der Waals surface area contributed by atoms with E-state index in [1.807, 2.05) is 0 Å². The quantitative estimate of drug-likeness (QED) is 0.564. The molecule has 0 saturated heterocycles. The van der Waals surface area contributed by atoms with Gasteiger partial charge < -0.3 is 14.4 Å². The lowest BCUT2D eigenvalue weighted by Gasteiger charge is -2.63. The molecular weight excluding hydrogens is 511 g/mol. The van der Waals surface area contributed by atoms with Gasteiger partial charge in [-0.1, -0.05) is 25.1 Å². The molecule has 3 saturated carbocycles. The van der Waals surface area contributed by atoms with Gasteiger partial charge in [0.15, 0.2) is 22.7 Å². The van der Waals surface area contributed by atoms with Crippen LogP contribution in [0.5, 0.6) is 0 Å². The van der Waals surface area contributed by atoms with Crippen LogP contribution in [-0.4, -0.2) is 56.7 Å². The molecule has 0 spiro atoms. The van der Waals surface area contributed by atoms with Crippen molar-refractivity contribution in [1.29, 1.82) is 0 Å². The molecule has 0 bridgehead atoms. The van der Waals surface area contributed by atoms with Crippen LogP contribution < -0.4 is 0 Å². The molecule has 0 amide bonds. The van der Waals surface area contributed by atoms with Crippen molar-refractivity contribution in [2.75, 3.05) is 6.01 Å². The van der Waals surface area contributed by atoms with E-state index in [1.165, 1.54) is 25.1 Å². The Labute approximate surface area is 215 Å². The van der Waals surface area contributed by atoms with Crippen LogP contribution in [0.4, 0.5) is 13.2 Å². The zero-order valence-corrected chi connectivity index (χ0v) is 21.4. The van der Waals surface area contributed by atoms with Crippen molar-refractivity contribution in [1.82, 2.24) is 5.16 Å². The molecule has 4 aliphatic rings. The lowest BCUT2D eigenvalue weighted by Crippen LogP contribution is -2.70. The highest BCUT2D eigenvalue weighted by Crippen LogP contribution is 2.72. The molecule has 1 aromatic heterocycles. The Balaban J connectivity index is 1.64. The average molecular weight is 540 g/mol. The maximum absolute atomic E-state index is 17.4. The van der Waals surface area contributed by atoms with Crippen LogP contribution >= 0.6 is 11.8 Å². The fourth-order valence-electron chi connectivity index (χ4n) is 7.89. The number of hydrogen-bond donors (Lipinski definition) is 1. The highest BCUT2D eigenvalue weighted by atomic mass is 32.2. The number of rotatable bonds is 4. The lowest BCUT2D eigenvalue weighted by atomic mass is 9.44. The first-order valence-electron chi connectivity index (χ1n) is 12.2. The second-order valence-electron chi connectivity index (χ2n) is 11.0. The van der Waals surface area contributed by atoms with Crippen molar-refractivity contribution in [3.8, 4) is 0 Å². The molecule has 5 unspecified atom stereocenters. The number of alkyl halides is 3. The van der Waals surface area contributed by atoms with Gasteiger partial charge in [-0.25, -0.2) is 18.0 Å². The second kappa shape index (κ2) is 8.56. The first-order chi connectivity index (χ1) is 17.4. The maximum Gasteiger partial charge on any atom is 0.361 e. The van der Waals surface area contributed by atoms with E-state index in [2.05, 4.69) is 5.16 Å². The van der Waals surface area contributed by atoms with Gasteiger partial charge in [-0.3, -0.25) is 9.59 Å². The number of nitrogens with zero attached hydrogens (tertiary/aromatic N) is 1. The number of carbonyl (C=O) groups excluding carboxylic acids is 3. The van der Waals surface area contributed by atoms with E-state index in [9.17, 15) is 23.9 Å². The fourth-order valence-corrected chi connectivity index (χ4v) is 8.68. The summed E-state index contributed by atoms with van der Waals surface area (Å²) >= 11 is 0.339. The minimum atomic E-state index is -2.36. The second-order valence-corrected chi connectivity index (χ2v) is 11.9. The molecule has 0 aliphatic heterocycles. The van der Waals surface area contributed by atoms with Gasteiger partial charge in [-0.2, -0.15) is 0 Å². The molecule has 0 radical (unpaired) electrons. The Morgan fingerprint density at radius 3 is 2.68 bits per heavy atom. The number of ketones is 1. The molecule has 1 heterocycles. The van der Waals surface area contributed by atoms with Crippen LogP contribution in [0.25, 0.3) is 0 Å². The van der Waals surface area contributed by atoms with Crippen LogP contribution in [0.1, 0.15) is 50.5 Å². The van der Waals surface area contributed by atoms with E-state index in [1.54, 1.807) is 13.8 Å². The minimum absolute atomic E-state index is 0.0137. The fraction of sp³-hybridized carbons (Fsp3) is 0.615. The smallest absolute Gasteiger partial charge is 0.361 e. The molecular formula is C26H28F3NO6S. The molecule has 200 valence electrons. The Bertz CT molecular complexity index is 1200. The molecule has 4 aliphatic carbocycles. The van der Waals surface area contributed by atoms with E-state index in [0.29, 0.717) is 11.8 Å². The number of allylic oxidation sites excluding steroid dienone is 4. The Morgan fingerprint density at radius 2 is 2.03 bits per heavy atom. The van der Waals surface area contributed by atoms with Crippen molar-refractivity contribution >= 4 is 28.6 Å². The number of carbonyl (C=O) groups is 3. The molecule has 11 heteroatoms. The molecule has 9 atom stereocenters. The molecule has 5 rings (SSSR count). The zero-order valence-electron chi connectivity index (χ0n) is 20.6. The minimum Gasteiger partial charge on any atom is -0.444 e. The summed E-state index contributed by atoms with van der Waals surface area (Å²) < 4.78 is 57.0.